The first-order valence-corrected chi connectivity index (χ1v) is 11.5. The van der Waals surface area contributed by atoms with E-state index >= 15 is 0 Å². The van der Waals surface area contributed by atoms with E-state index in [1.807, 2.05) is 37.3 Å². The quantitative estimate of drug-likeness (QED) is 0.360. The van der Waals surface area contributed by atoms with Gasteiger partial charge in [0.2, 0.25) is 0 Å². The van der Waals surface area contributed by atoms with E-state index in [-0.39, 0.29) is 5.91 Å². The maximum absolute atomic E-state index is 13.6. The number of aliphatic hydroxyl groups is 1. The van der Waals surface area contributed by atoms with Crippen molar-refractivity contribution < 1.29 is 14.6 Å². The van der Waals surface area contributed by atoms with Crippen molar-refractivity contribution in [2.45, 2.75) is 32.4 Å². The third-order valence-electron chi connectivity index (χ3n) is 5.76. The lowest BCUT2D eigenvalue weighted by Gasteiger charge is -2.30. The number of pyridine rings is 1. The highest BCUT2D eigenvalue weighted by molar-refractivity contribution is 6.30. The summed E-state index contributed by atoms with van der Waals surface area (Å²) in [5.74, 6) is 0.411. The van der Waals surface area contributed by atoms with Gasteiger partial charge in [0.05, 0.1) is 30.5 Å². The van der Waals surface area contributed by atoms with Gasteiger partial charge in [-0.3, -0.25) is 14.9 Å². The summed E-state index contributed by atoms with van der Waals surface area (Å²) >= 11 is 6.18. The van der Waals surface area contributed by atoms with E-state index in [2.05, 4.69) is 15.2 Å². The molecule has 0 saturated carbocycles. The van der Waals surface area contributed by atoms with Gasteiger partial charge in [0, 0.05) is 46.5 Å². The summed E-state index contributed by atoms with van der Waals surface area (Å²) in [6.07, 6.45) is 4.84. The normalized spacial score (nSPS) is 13.0. The number of aliphatic hydroxyl groups excluding tert-OH is 1. The molecule has 7 nitrogen and oxygen atoms in total. The maximum atomic E-state index is 13.6. The molecule has 0 bridgehead atoms. The number of H-pyrrole nitrogens is 1. The van der Waals surface area contributed by atoms with E-state index in [1.54, 1.807) is 49.6 Å². The number of carbonyl (C=O) groups is 1. The second kappa shape index (κ2) is 10.2. The molecule has 0 aliphatic carbocycles. The molecular weight excluding hydrogens is 452 g/mol. The molecule has 2 heterocycles. The number of rotatable bonds is 8. The standard InChI is InChI=1S/C26H27ClN4O3/c1-4-34-24-12-18(8-9-21(24)17-6-5-7-20(27)11-17)26(33)31(3)23(10-16(2)32)22-15-28-13-19-14-29-30-25(19)22/h5-9,11-16,23,32H,4,10H2,1-3H3,(H,29,30)/t16-,23+/m0/s1. The van der Waals surface area contributed by atoms with Crippen LogP contribution >= 0.6 is 11.6 Å². The minimum atomic E-state index is -0.623. The zero-order chi connectivity index (χ0) is 24.2. The number of hydrogen-bond donors (Lipinski definition) is 2. The predicted octanol–water partition coefficient (Wildman–Crippen LogP) is 5.26. The molecule has 0 unspecified atom stereocenters. The first-order chi connectivity index (χ1) is 16.4. The maximum Gasteiger partial charge on any atom is 0.254 e. The smallest absolute Gasteiger partial charge is 0.254 e. The number of fused-ring (bicyclic) bond motifs is 1. The van der Waals surface area contributed by atoms with Gasteiger partial charge in [-0.2, -0.15) is 5.10 Å². The molecule has 0 aliphatic heterocycles. The van der Waals surface area contributed by atoms with Gasteiger partial charge in [-0.05, 0) is 56.2 Å². The molecule has 8 heteroatoms. The summed E-state index contributed by atoms with van der Waals surface area (Å²) in [6.45, 7) is 4.07. The van der Waals surface area contributed by atoms with Crippen LogP contribution in [-0.2, 0) is 0 Å². The van der Waals surface area contributed by atoms with Crippen molar-refractivity contribution in [2.24, 2.45) is 0 Å². The molecule has 176 valence electrons. The van der Waals surface area contributed by atoms with Crippen LogP contribution < -0.4 is 4.74 Å². The number of hydrogen-bond acceptors (Lipinski definition) is 5. The molecule has 1 amide bonds. The molecule has 2 aromatic heterocycles. The van der Waals surface area contributed by atoms with E-state index in [1.165, 1.54) is 0 Å². The molecule has 2 N–H and O–H groups in total. The van der Waals surface area contributed by atoms with Crippen LogP contribution in [0.15, 0.2) is 61.1 Å². The highest BCUT2D eigenvalue weighted by Gasteiger charge is 2.27. The Hall–Kier alpha value is -3.42. The summed E-state index contributed by atoms with van der Waals surface area (Å²) < 4.78 is 5.88. The average molecular weight is 479 g/mol. The highest BCUT2D eigenvalue weighted by Crippen LogP contribution is 2.34. The number of nitrogens with zero attached hydrogens (tertiary/aromatic N) is 3. The lowest BCUT2D eigenvalue weighted by atomic mass is 9.98. The Morgan fingerprint density at radius 3 is 2.76 bits per heavy atom. The minimum absolute atomic E-state index is 0.194. The van der Waals surface area contributed by atoms with E-state index in [0.717, 1.165) is 27.6 Å². The summed E-state index contributed by atoms with van der Waals surface area (Å²) in [5.41, 5.74) is 3.85. The van der Waals surface area contributed by atoms with Crippen LogP contribution in [0.4, 0.5) is 0 Å². The number of ether oxygens (including phenoxy) is 1. The van der Waals surface area contributed by atoms with Crippen LogP contribution in [0.3, 0.4) is 0 Å². The topological polar surface area (TPSA) is 91.3 Å². The highest BCUT2D eigenvalue weighted by atomic mass is 35.5. The first kappa shape index (κ1) is 23.7. The summed E-state index contributed by atoms with van der Waals surface area (Å²) in [4.78, 5) is 19.5. The van der Waals surface area contributed by atoms with Gasteiger partial charge in [-0.1, -0.05) is 23.7 Å². The molecule has 4 rings (SSSR count). The number of aromatic nitrogens is 3. The molecule has 0 aliphatic rings. The first-order valence-electron chi connectivity index (χ1n) is 11.1. The Labute approximate surface area is 203 Å². The lowest BCUT2D eigenvalue weighted by Crippen LogP contribution is -2.33. The molecule has 4 aromatic rings. The third-order valence-corrected chi connectivity index (χ3v) is 5.99. The number of aromatic amines is 1. The van der Waals surface area contributed by atoms with Crippen LogP contribution in [0, 0.1) is 0 Å². The number of nitrogens with one attached hydrogen (secondary N) is 1. The molecular formula is C26H27ClN4O3. The van der Waals surface area contributed by atoms with Crippen LogP contribution in [0.25, 0.3) is 22.0 Å². The zero-order valence-electron chi connectivity index (χ0n) is 19.3. The second-order valence-corrected chi connectivity index (χ2v) is 8.67. The number of halogens is 1. The molecule has 34 heavy (non-hydrogen) atoms. The Balaban J connectivity index is 1.71. The zero-order valence-corrected chi connectivity index (χ0v) is 20.1. The average Bonchev–Trinajstić information content (AvgIpc) is 3.31. The van der Waals surface area contributed by atoms with Gasteiger partial charge < -0.3 is 14.7 Å². The minimum Gasteiger partial charge on any atom is -0.493 e. The van der Waals surface area contributed by atoms with Crippen LogP contribution in [-0.4, -0.2) is 50.9 Å². The largest absolute Gasteiger partial charge is 0.493 e. The second-order valence-electron chi connectivity index (χ2n) is 8.23. The van der Waals surface area contributed by atoms with E-state index in [4.69, 9.17) is 16.3 Å². The predicted molar refractivity (Wildman–Crippen MR) is 133 cm³/mol. The van der Waals surface area contributed by atoms with Gasteiger partial charge in [-0.25, -0.2) is 0 Å². The SMILES string of the molecule is CCOc1cc(C(=O)N(C)[C@H](C[C@H](C)O)c2cncc3cn[nH]c23)ccc1-c1cccc(Cl)c1. The van der Waals surface area contributed by atoms with E-state index < -0.39 is 12.1 Å². The Morgan fingerprint density at radius 1 is 1.21 bits per heavy atom. The molecule has 0 fully saturated rings. The fraction of sp³-hybridized carbons (Fsp3) is 0.269. The molecule has 0 spiro atoms. The van der Waals surface area contributed by atoms with Crippen LogP contribution in [0.5, 0.6) is 5.75 Å². The van der Waals surface area contributed by atoms with E-state index in [0.29, 0.717) is 29.4 Å². The van der Waals surface area contributed by atoms with Crippen LogP contribution in [0.1, 0.15) is 42.2 Å². The summed E-state index contributed by atoms with van der Waals surface area (Å²) in [5, 5.41) is 18.8. The van der Waals surface area contributed by atoms with Crippen molar-refractivity contribution in [3.8, 4) is 16.9 Å². The van der Waals surface area contributed by atoms with Gasteiger partial charge >= 0.3 is 0 Å². The Bertz CT molecular complexity index is 1300. The lowest BCUT2D eigenvalue weighted by molar-refractivity contribution is 0.0664. The van der Waals surface area contributed by atoms with Crippen molar-refractivity contribution in [3.05, 3.63) is 77.2 Å². The number of amides is 1. The van der Waals surface area contributed by atoms with Crippen LogP contribution in [0.2, 0.25) is 5.02 Å². The Morgan fingerprint density at radius 2 is 2.03 bits per heavy atom. The van der Waals surface area contributed by atoms with Gasteiger partial charge in [-0.15, -0.1) is 0 Å². The summed E-state index contributed by atoms with van der Waals surface area (Å²) in [6, 6.07) is 12.5. The van der Waals surface area contributed by atoms with Gasteiger partial charge in [0.15, 0.2) is 0 Å². The number of benzene rings is 2. The van der Waals surface area contributed by atoms with Gasteiger partial charge in [0.1, 0.15) is 5.75 Å². The number of carbonyl (C=O) groups excluding carboxylic acids is 1. The third kappa shape index (κ3) is 4.90. The van der Waals surface area contributed by atoms with Crippen molar-refractivity contribution in [1.29, 1.82) is 0 Å². The van der Waals surface area contributed by atoms with E-state index in [9.17, 15) is 9.90 Å². The van der Waals surface area contributed by atoms with Gasteiger partial charge in [0.25, 0.3) is 5.91 Å². The Kier molecular flexibility index (Phi) is 7.14. The fourth-order valence-electron chi connectivity index (χ4n) is 4.13. The molecule has 2 aromatic carbocycles. The fourth-order valence-corrected chi connectivity index (χ4v) is 4.32. The molecule has 0 radical (unpaired) electrons. The van der Waals surface area contributed by atoms with Crippen molar-refractivity contribution in [2.75, 3.05) is 13.7 Å². The van der Waals surface area contributed by atoms with Crippen molar-refractivity contribution in [1.82, 2.24) is 20.1 Å². The molecule has 2 atom stereocenters. The monoisotopic (exact) mass is 478 g/mol. The molecule has 0 saturated heterocycles. The summed E-state index contributed by atoms with van der Waals surface area (Å²) in [7, 11) is 1.73. The van der Waals surface area contributed by atoms with Crippen molar-refractivity contribution >= 4 is 28.4 Å². The van der Waals surface area contributed by atoms with Crippen molar-refractivity contribution in [3.63, 3.8) is 0 Å².